The fourth-order valence-electron chi connectivity index (χ4n) is 2.81. The molecule has 6 nitrogen and oxygen atoms in total. The molecule has 0 saturated carbocycles. The Morgan fingerprint density at radius 2 is 2.14 bits per heavy atom. The lowest BCUT2D eigenvalue weighted by molar-refractivity contribution is -0.145. The average Bonchev–Trinajstić information content (AvgIpc) is 3.24. The molecule has 1 N–H and O–H groups in total. The first kappa shape index (κ1) is 20.4. The summed E-state index contributed by atoms with van der Waals surface area (Å²) in [6.07, 6.45) is 1.50. The molecule has 148 valence electrons. The summed E-state index contributed by atoms with van der Waals surface area (Å²) in [5, 5.41) is 20.8. The summed E-state index contributed by atoms with van der Waals surface area (Å²) in [5.74, 6) is -0.378. The number of carbonyl (C=O) groups is 1. The molecule has 1 atom stereocenters. The number of aromatic nitrogens is 1. The van der Waals surface area contributed by atoms with Crippen molar-refractivity contribution in [3.63, 3.8) is 0 Å². The van der Waals surface area contributed by atoms with Gasteiger partial charge >= 0.3 is 5.97 Å². The van der Waals surface area contributed by atoms with Gasteiger partial charge in [0.25, 0.3) is 0 Å². The van der Waals surface area contributed by atoms with Crippen LogP contribution < -0.4 is 9.47 Å². The normalized spacial score (nSPS) is 11.4. The number of hydrogen-bond donors (Lipinski definition) is 1. The summed E-state index contributed by atoms with van der Waals surface area (Å²) in [6, 6.07) is 14.7. The number of aliphatic carboxylic acids is 1. The molecular weight excluding hydrogens is 388 g/mol. The van der Waals surface area contributed by atoms with E-state index in [4.69, 9.17) is 9.47 Å². The highest BCUT2D eigenvalue weighted by Crippen LogP contribution is 2.27. The Labute approximate surface area is 173 Å². The van der Waals surface area contributed by atoms with Crippen LogP contribution in [0.25, 0.3) is 0 Å². The summed E-state index contributed by atoms with van der Waals surface area (Å²) in [7, 11) is 0. The largest absolute Gasteiger partial charge is 0.489 e. The van der Waals surface area contributed by atoms with Gasteiger partial charge in [0.15, 0.2) is 6.10 Å². The third-order valence-electron chi connectivity index (χ3n) is 4.44. The van der Waals surface area contributed by atoms with Gasteiger partial charge < -0.3 is 14.6 Å². The minimum absolute atomic E-state index is 0.200. The summed E-state index contributed by atoms with van der Waals surface area (Å²) >= 11 is 1.34. The molecule has 0 fully saturated rings. The van der Waals surface area contributed by atoms with Gasteiger partial charge in [0.1, 0.15) is 24.2 Å². The lowest BCUT2D eigenvalue weighted by atomic mass is 10.0. The Morgan fingerprint density at radius 3 is 2.83 bits per heavy atom. The quantitative estimate of drug-likeness (QED) is 0.565. The van der Waals surface area contributed by atoms with Gasteiger partial charge in [0.05, 0.1) is 5.56 Å². The van der Waals surface area contributed by atoms with E-state index in [1.165, 1.54) is 11.5 Å². The molecule has 7 heteroatoms. The molecule has 3 aromatic rings. The van der Waals surface area contributed by atoms with E-state index in [0.29, 0.717) is 18.8 Å². The van der Waals surface area contributed by atoms with Crippen LogP contribution in [0.3, 0.4) is 0 Å². The predicted molar refractivity (Wildman–Crippen MR) is 109 cm³/mol. The molecule has 0 bridgehead atoms. The van der Waals surface area contributed by atoms with Crippen LogP contribution >= 0.6 is 11.5 Å². The van der Waals surface area contributed by atoms with E-state index in [1.807, 2.05) is 42.6 Å². The van der Waals surface area contributed by atoms with E-state index in [-0.39, 0.29) is 17.7 Å². The maximum atomic E-state index is 11.7. The standard InChI is InChI=1S/C22H20N2O4S/c1-15-4-2-3-5-17(15)7-9-20(22(25)26)28-21-10-19(8-6-18(21)11-23)27-13-16-12-24-29-14-16/h2-6,8,10,12,14,20H,7,9,13H2,1H3,(H,25,26). The third-order valence-corrected chi connectivity index (χ3v) is 5.08. The molecule has 0 aliphatic heterocycles. The SMILES string of the molecule is Cc1ccccc1CCC(Oc1cc(OCc2cnsc2)ccc1C#N)C(=O)O. The minimum atomic E-state index is -1.07. The molecule has 0 aliphatic rings. The average molecular weight is 408 g/mol. The lowest BCUT2D eigenvalue weighted by Gasteiger charge is -2.17. The molecule has 0 spiro atoms. The van der Waals surface area contributed by atoms with Crippen molar-refractivity contribution >= 4 is 17.5 Å². The minimum Gasteiger partial charge on any atom is -0.489 e. The van der Waals surface area contributed by atoms with Gasteiger partial charge in [0, 0.05) is 23.2 Å². The first-order chi connectivity index (χ1) is 14.1. The van der Waals surface area contributed by atoms with Gasteiger partial charge in [-0.05, 0) is 54.6 Å². The Morgan fingerprint density at radius 1 is 1.31 bits per heavy atom. The van der Waals surface area contributed by atoms with E-state index < -0.39 is 12.1 Å². The molecule has 3 rings (SSSR count). The lowest BCUT2D eigenvalue weighted by Crippen LogP contribution is -2.28. The fraction of sp³-hybridized carbons (Fsp3) is 0.227. The number of benzene rings is 2. The van der Waals surface area contributed by atoms with Crippen LogP contribution in [0, 0.1) is 18.3 Å². The molecule has 1 aromatic heterocycles. The molecule has 0 radical (unpaired) electrons. The van der Waals surface area contributed by atoms with Crippen molar-refractivity contribution in [2.45, 2.75) is 32.5 Å². The zero-order valence-corrected chi connectivity index (χ0v) is 16.7. The van der Waals surface area contributed by atoms with Gasteiger partial charge in [-0.1, -0.05) is 24.3 Å². The van der Waals surface area contributed by atoms with Crippen molar-refractivity contribution in [1.29, 1.82) is 5.26 Å². The van der Waals surface area contributed by atoms with Crippen LogP contribution in [0.4, 0.5) is 0 Å². The Bertz CT molecular complexity index is 1010. The number of nitriles is 1. The highest BCUT2D eigenvalue weighted by Gasteiger charge is 2.21. The van der Waals surface area contributed by atoms with Gasteiger partial charge in [-0.15, -0.1) is 0 Å². The second-order valence-corrected chi connectivity index (χ2v) is 7.16. The monoisotopic (exact) mass is 408 g/mol. The van der Waals surface area contributed by atoms with Crippen LogP contribution in [0.15, 0.2) is 54.0 Å². The Kier molecular flexibility index (Phi) is 6.82. The first-order valence-electron chi connectivity index (χ1n) is 9.06. The zero-order chi connectivity index (χ0) is 20.6. The number of ether oxygens (including phenoxy) is 2. The van der Waals surface area contributed by atoms with Crippen LogP contribution in [-0.4, -0.2) is 21.6 Å². The second kappa shape index (κ2) is 9.71. The smallest absolute Gasteiger partial charge is 0.344 e. The van der Waals surface area contributed by atoms with E-state index >= 15 is 0 Å². The zero-order valence-electron chi connectivity index (χ0n) is 15.9. The van der Waals surface area contributed by atoms with Crippen molar-refractivity contribution in [3.05, 3.63) is 76.3 Å². The molecule has 0 amide bonds. The van der Waals surface area contributed by atoms with Crippen molar-refractivity contribution in [2.75, 3.05) is 0 Å². The third kappa shape index (κ3) is 5.56. The molecule has 1 heterocycles. The number of carboxylic acid groups (broad SMARTS) is 1. The van der Waals surface area contributed by atoms with E-state index in [9.17, 15) is 15.2 Å². The van der Waals surface area contributed by atoms with Crippen LogP contribution in [-0.2, 0) is 17.8 Å². The summed E-state index contributed by atoms with van der Waals surface area (Å²) in [5.41, 5.74) is 3.37. The predicted octanol–water partition coefficient (Wildman–Crippen LogP) is 4.37. The molecule has 0 saturated heterocycles. The number of aryl methyl sites for hydroxylation is 2. The Balaban J connectivity index is 1.72. The Hall–Kier alpha value is -3.37. The number of carboxylic acids is 1. The van der Waals surface area contributed by atoms with E-state index in [0.717, 1.165) is 16.7 Å². The van der Waals surface area contributed by atoms with E-state index in [1.54, 1.807) is 24.4 Å². The highest BCUT2D eigenvalue weighted by molar-refractivity contribution is 7.03. The maximum Gasteiger partial charge on any atom is 0.344 e. The molecule has 29 heavy (non-hydrogen) atoms. The fourth-order valence-corrected chi connectivity index (χ4v) is 3.33. The molecule has 0 aliphatic carbocycles. The first-order valence-corrected chi connectivity index (χ1v) is 9.89. The van der Waals surface area contributed by atoms with Crippen molar-refractivity contribution in [1.82, 2.24) is 4.37 Å². The molecule has 1 unspecified atom stereocenters. The van der Waals surface area contributed by atoms with Crippen LogP contribution in [0.2, 0.25) is 0 Å². The van der Waals surface area contributed by atoms with E-state index in [2.05, 4.69) is 4.37 Å². The topological polar surface area (TPSA) is 92.4 Å². The molecule has 2 aromatic carbocycles. The van der Waals surface area contributed by atoms with Gasteiger partial charge in [0.2, 0.25) is 0 Å². The van der Waals surface area contributed by atoms with Crippen molar-refractivity contribution < 1.29 is 19.4 Å². The van der Waals surface area contributed by atoms with Crippen LogP contribution in [0.5, 0.6) is 11.5 Å². The number of rotatable bonds is 9. The van der Waals surface area contributed by atoms with Crippen LogP contribution in [0.1, 0.15) is 28.7 Å². The van der Waals surface area contributed by atoms with Gasteiger partial charge in [-0.2, -0.15) is 5.26 Å². The maximum absolute atomic E-state index is 11.7. The number of hydrogen-bond acceptors (Lipinski definition) is 6. The summed E-state index contributed by atoms with van der Waals surface area (Å²) < 4.78 is 15.5. The van der Waals surface area contributed by atoms with Gasteiger partial charge in [-0.3, -0.25) is 0 Å². The summed E-state index contributed by atoms with van der Waals surface area (Å²) in [6.45, 7) is 2.32. The van der Waals surface area contributed by atoms with Crippen molar-refractivity contribution in [3.8, 4) is 17.6 Å². The highest BCUT2D eigenvalue weighted by atomic mass is 32.1. The van der Waals surface area contributed by atoms with Crippen molar-refractivity contribution in [2.24, 2.45) is 0 Å². The number of nitrogens with zero attached hydrogens (tertiary/aromatic N) is 2. The van der Waals surface area contributed by atoms with Gasteiger partial charge in [-0.25, -0.2) is 9.17 Å². The summed E-state index contributed by atoms with van der Waals surface area (Å²) in [4.78, 5) is 11.7. The molecular formula is C22H20N2O4S. The second-order valence-electron chi connectivity index (χ2n) is 6.50.